The number of nitriles is 1. The van der Waals surface area contributed by atoms with Gasteiger partial charge >= 0.3 is 0 Å². The zero-order chi connectivity index (χ0) is 29.5. The summed E-state index contributed by atoms with van der Waals surface area (Å²) in [6.07, 6.45) is 4.51. The second-order valence-corrected chi connectivity index (χ2v) is 10.9. The van der Waals surface area contributed by atoms with Crippen LogP contribution in [0.5, 0.6) is 5.75 Å². The summed E-state index contributed by atoms with van der Waals surface area (Å²) >= 11 is 6.54. The molecule has 0 atom stereocenters. The highest BCUT2D eigenvalue weighted by atomic mass is 35.5. The largest absolute Gasteiger partial charge is 0.486 e. The topological polar surface area (TPSA) is 106 Å². The first-order valence-corrected chi connectivity index (χ1v) is 14.4. The van der Waals surface area contributed by atoms with E-state index in [1.54, 1.807) is 24.5 Å². The van der Waals surface area contributed by atoms with Crippen molar-refractivity contribution in [1.29, 1.82) is 5.26 Å². The van der Waals surface area contributed by atoms with Crippen LogP contribution in [0.4, 0.5) is 17.1 Å². The molecule has 4 aromatic rings. The first-order chi connectivity index (χ1) is 20.4. The predicted molar refractivity (Wildman–Crippen MR) is 166 cm³/mol. The molecule has 3 heterocycles. The Bertz CT molecular complexity index is 1600. The van der Waals surface area contributed by atoms with Gasteiger partial charge in [-0.1, -0.05) is 17.7 Å². The van der Waals surface area contributed by atoms with Crippen molar-refractivity contribution in [2.24, 2.45) is 0 Å². The van der Waals surface area contributed by atoms with E-state index in [4.69, 9.17) is 16.3 Å². The van der Waals surface area contributed by atoms with Crippen molar-refractivity contribution in [1.82, 2.24) is 19.8 Å². The number of carbonyl (C=O) groups is 1. The number of benzene rings is 2. The molecule has 0 radical (unpaired) electrons. The van der Waals surface area contributed by atoms with E-state index in [0.29, 0.717) is 51.9 Å². The van der Waals surface area contributed by atoms with E-state index in [0.717, 1.165) is 55.8 Å². The standard InChI is InChI=1S/C32H34ClN7O2/c1-22-16-29-26(18-28(22)38-31(41)7-5-11-40-14-12-39(2)13-15-40)32(23(19-34)20-36-29)37-24-8-9-30(27(33)17-24)42-21-25-6-3-4-10-35-25/h3-4,6,8-10,16-18,20H,5,7,11-15,21H2,1-2H3,(H,36,37)(H,38,41). The van der Waals surface area contributed by atoms with E-state index >= 15 is 0 Å². The lowest BCUT2D eigenvalue weighted by Gasteiger charge is -2.32. The molecule has 0 spiro atoms. The van der Waals surface area contributed by atoms with Crippen molar-refractivity contribution in [2.75, 3.05) is 50.4 Å². The molecule has 0 unspecified atom stereocenters. The molecule has 5 rings (SSSR count). The molecule has 2 aromatic carbocycles. The first kappa shape index (κ1) is 29.3. The van der Waals surface area contributed by atoms with E-state index in [1.165, 1.54) is 0 Å². The van der Waals surface area contributed by atoms with Gasteiger partial charge in [0.05, 0.1) is 27.5 Å². The Labute approximate surface area is 251 Å². The number of pyridine rings is 2. The van der Waals surface area contributed by atoms with Crippen LogP contribution >= 0.6 is 11.6 Å². The van der Waals surface area contributed by atoms with Crippen molar-refractivity contribution in [3.8, 4) is 11.8 Å². The molecule has 2 N–H and O–H groups in total. The molecule has 0 aliphatic carbocycles. The molecule has 1 fully saturated rings. The van der Waals surface area contributed by atoms with Crippen LogP contribution in [0.15, 0.2) is 60.9 Å². The van der Waals surface area contributed by atoms with Gasteiger partial charge in [0.25, 0.3) is 0 Å². The predicted octanol–water partition coefficient (Wildman–Crippen LogP) is 5.75. The lowest BCUT2D eigenvalue weighted by atomic mass is 10.0. The Balaban J connectivity index is 1.30. The van der Waals surface area contributed by atoms with Gasteiger partial charge in [0.15, 0.2) is 0 Å². The van der Waals surface area contributed by atoms with E-state index in [9.17, 15) is 10.1 Å². The van der Waals surface area contributed by atoms with Gasteiger partial charge in [0.2, 0.25) is 5.91 Å². The van der Waals surface area contributed by atoms with Crippen molar-refractivity contribution >= 4 is 45.5 Å². The fraction of sp³-hybridized carbons (Fsp3) is 0.312. The summed E-state index contributed by atoms with van der Waals surface area (Å²) in [6, 6.07) is 17.0. The van der Waals surface area contributed by atoms with E-state index in [1.807, 2.05) is 43.3 Å². The average Bonchev–Trinajstić information content (AvgIpc) is 2.99. The third-order valence-corrected chi connectivity index (χ3v) is 7.68. The Morgan fingerprint density at radius 2 is 1.95 bits per heavy atom. The summed E-state index contributed by atoms with van der Waals surface area (Å²) in [5, 5.41) is 17.4. The summed E-state index contributed by atoms with van der Waals surface area (Å²) in [5.74, 6) is 0.500. The van der Waals surface area contributed by atoms with Gasteiger partial charge in [0.1, 0.15) is 18.4 Å². The molecule has 2 aromatic heterocycles. The molecule has 1 aliphatic rings. The Kier molecular flexibility index (Phi) is 9.49. The zero-order valence-corrected chi connectivity index (χ0v) is 24.6. The highest BCUT2D eigenvalue weighted by Crippen LogP contribution is 2.35. The molecular weight excluding hydrogens is 550 g/mol. The summed E-state index contributed by atoms with van der Waals surface area (Å²) < 4.78 is 5.85. The summed E-state index contributed by atoms with van der Waals surface area (Å²) in [5.41, 5.74) is 4.76. The van der Waals surface area contributed by atoms with Gasteiger partial charge in [-0.15, -0.1) is 0 Å². The molecule has 42 heavy (non-hydrogen) atoms. The normalized spacial score (nSPS) is 14.0. The van der Waals surface area contributed by atoms with Crippen LogP contribution in [0.1, 0.15) is 29.7 Å². The number of fused-ring (bicyclic) bond motifs is 1. The molecule has 10 heteroatoms. The van der Waals surface area contributed by atoms with Crippen molar-refractivity contribution < 1.29 is 9.53 Å². The fourth-order valence-corrected chi connectivity index (χ4v) is 5.16. The number of piperazine rings is 1. The number of nitrogens with zero attached hydrogens (tertiary/aromatic N) is 5. The van der Waals surface area contributed by atoms with Crippen LogP contribution in [0.3, 0.4) is 0 Å². The third-order valence-electron chi connectivity index (χ3n) is 7.39. The lowest BCUT2D eigenvalue weighted by Crippen LogP contribution is -2.44. The lowest BCUT2D eigenvalue weighted by molar-refractivity contribution is -0.116. The van der Waals surface area contributed by atoms with E-state index in [-0.39, 0.29) is 5.91 Å². The number of hydrogen-bond donors (Lipinski definition) is 2. The van der Waals surface area contributed by atoms with Crippen molar-refractivity contribution in [3.63, 3.8) is 0 Å². The minimum absolute atomic E-state index is 0.0291. The zero-order valence-electron chi connectivity index (χ0n) is 23.9. The van der Waals surface area contributed by atoms with Crippen LogP contribution in [0.2, 0.25) is 5.02 Å². The minimum Gasteiger partial charge on any atom is -0.486 e. The monoisotopic (exact) mass is 583 g/mol. The number of hydrogen-bond acceptors (Lipinski definition) is 8. The molecule has 0 bridgehead atoms. The quantitative estimate of drug-likeness (QED) is 0.243. The maximum Gasteiger partial charge on any atom is 0.224 e. The molecule has 1 amide bonds. The Hall–Kier alpha value is -4.23. The maximum absolute atomic E-state index is 12.9. The van der Waals surface area contributed by atoms with Gasteiger partial charge in [-0.25, -0.2) is 0 Å². The second kappa shape index (κ2) is 13.6. The molecule has 216 valence electrons. The number of amides is 1. The number of rotatable bonds is 10. The molecule has 0 saturated carbocycles. The number of halogens is 1. The highest BCUT2D eigenvalue weighted by molar-refractivity contribution is 6.32. The average molecular weight is 584 g/mol. The highest BCUT2D eigenvalue weighted by Gasteiger charge is 2.16. The molecule has 9 nitrogen and oxygen atoms in total. The SMILES string of the molecule is Cc1cc2ncc(C#N)c(Nc3ccc(OCc4ccccn4)c(Cl)c3)c2cc1NC(=O)CCCN1CCN(C)CC1. The number of likely N-dealkylation sites (N-methyl/N-ethyl adjacent to an activating group) is 1. The van der Waals surface area contributed by atoms with Gasteiger partial charge < -0.3 is 25.2 Å². The van der Waals surface area contributed by atoms with Gasteiger partial charge in [-0.05, 0) is 75.0 Å². The number of aryl methyl sites for hydroxylation is 1. The number of anilines is 3. The summed E-state index contributed by atoms with van der Waals surface area (Å²) in [6.45, 7) is 7.36. The molecular formula is C32H34ClN7O2. The smallest absolute Gasteiger partial charge is 0.224 e. The second-order valence-electron chi connectivity index (χ2n) is 10.5. The van der Waals surface area contributed by atoms with Crippen LogP contribution in [0.25, 0.3) is 10.9 Å². The van der Waals surface area contributed by atoms with Gasteiger partial charge in [0, 0.05) is 61.8 Å². The molecule has 1 aliphatic heterocycles. The van der Waals surface area contributed by atoms with Crippen molar-refractivity contribution in [2.45, 2.75) is 26.4 Å². The summed E-state index contributed by atoms with van der Waals surface area (Å²) in [7, 11) is 2.14. The van der Waals surface area contributed by atoms with E-state index < -0.39 is 0 Å². The first-order valence-electron chi connectivity index (χ1n) is 14.0. The minimum atomic E-state index is -0.0291. The Morgan fingerprint density at radius 3 is 2.69 bits per heavy atom. The summed E-state index contributed by atoms with van der Waals surface area (Å²) in [4.78, 5) is 26.3. The maximum atomic E-state index is 12.9. The number of ether oxygens (including phenoxy) is 1. The fourth-order valence-electron chi connectivity index (χ4n) is 4.92. The number of aromatic nitrogens is 2. The van der Waals surface area contributed by atoms with Crippen molar-refractivity contribution in [3.05, 3.63) is 82.8 Å². The van der Waals surface area contributed by atoms with Crippen LogP contribution in [-0.2, 0) is 11.4 Å². The third kappa shape index (κ3) is 7.34. The van der Waals surface area contributed by atoms with Crippen LogP contribution in [-0.4, -0.2) is 65.4 Å². The molecule has 1 saturated heterocycles. The van der Waals surface area contributed by atoms with Crippen LogP contribution in [0, 0.1) is 18.3 Å². The van der Waals surface area contributed by atoms with Gasteiger partial charge in [-0.2, -0.15) is 5.26 Å². The number of nitrogens with one attached hydrogen (secondary N) is 2. The van der Waals surface area contributed by atoms with Crippen LogP contribution < -0.4 is 15.4 Å². The Morgan fingerprint density at radius 1 is 1.12 bits per heavy atom. The van der Waals surface area contributed by atoms with E-state index in [2.05, 4.69) is 43.5 Å². The van der Waals surface area contributed by atoms with Gasteiger partial charge in [-0.3, -0.25) is 14.8 Å². The number of carbonyl (C=O) groups excluding carboxylic acids is 1.